The molecule has 2 nitrogen and oxygen atoms in total. The molecule has 2 aromatic carbocycles. The van der Waals surface area contributed by atoms with E-state index < -0.39 is 0 Å². The van der Waals surface area contributed by atoms with Crippen molar-refractivity contribution in [2.75, 3.05) is 0 Å². The van der Waals surface area contributed by atoms with Crippen LogP contribution in [0.4, 0.5) is 0 Å². The summed E-state index contributed by atoms with van der Waals surface area (Å²) in [6.07, 6.45) is 5.83. The Morgan fingerprint density at radius 1 is 0.650 bits per heavy atom. The molecule has 4 heteroatoms. The predicted molar refractivity (Wildman–Crippen MR) is 81.5 cm³/mol. The van der Waals surface area contributed by atoms with Crippen LogP contribution >= 0.6 is 12.4 Å². The van der Waals surface area contributed by atoms with Crippen LogP contribution in [0.2, 0.25) is 0 Å². The summed E-state index contributed by atoms with van der Waals surface area (Å²) in [5.41, 5.74) is 2.30. The first kappa shape index (κ1) is 16.5. The third-order valence-corrected chi connectivity index (χ3v) is 2.79. The van der Waals surface area contributed by atoms with Gasteiger partial charge in [-0.05, 0) is 0 Å². The van der Waals surface area contributed by atoms with Gasteiger partial charge >= 0.3 is 20.4 Å². The summed E-state index contributed by atoms with van der Waals surface area (Å²) in [7, 11) is 0. The van der Waals surface area contributed by atoms with Crippen molar-refractivity contribution in [2.24, 2.45) is 0 Å². The van der Waals surface area contributed by atoms with E-state index in [1.165, 1.54) is 10.8 Å². The van der Waals surface area contributed by atoms with Crippen molar-refractivity contribution in [3.05, 3.63) is 73.1 Å². The fourth-order valence-electron chi connectivity index (χ4n) is 1.86. The summed E-state index contributed by atoms with van der Waals surface area (Å²) in [5, 5.41) is 2.44. The smallest absolute Gasteiger partial charge is 0.477 e. The van der Waals surface area contributed by atoms with E-state index in [1.54, 1.807) is 0 Å². The number of halogens is 1. The molecular formula is C16H13ClN2Pd. The number of rotatable bonds is 0. The first-order valence-electron chi connectivity index (χ1n) is 5.81. The van der Waals surface area contributed by atoms with E-state index in [2.05, 4.69) is 34.5 Å². The molecule has 0 bridgehead atoms. The maximum atomic E-state index is 2.99. The quantitative estimate of drug-likeness (QED) is 0.338. The standard InChI is InChI=1S/2C8H6N.ClH.Pd/c2*1-2-4-8-7(3-1)5-6-9-8;;/h2*1-5,9H;1H;/q2*-1;;+2. The summed E-state index contributed by atoms with van der Waals surface area (Å²) in [6, 6.07) is 20.1. The average molecular weight is 375 g/mol. The Morgan fingerprint density at radius 3 is 1.45 bits per heavy atom. The van der Waals surface area contributed by atoms with Crippen LogP contribution < -0.4 is 0 Å². The summed E-state index contributed by atoms with van der Waals surface area (Å²) in [6.45, 7) is 0. The van der Waals surface area contributed by atoms with Crippen LogP contribution in [0.15, 0.2) is 60.7 Å². The molecule has 2 heterocycles. The molecule has 0 aliphatic heterocycles. The zero-order valence-electron chi connectivity index (χ0n) is 10.5. The molecule has 20 heavy (non-hydrogen) atoms. The van der Waals surface area contributed by atoms with E-state index in [0.29, 0.717) is 0 Å². The zero-order chi connectivity index (χ0) is 12.2. The van der Waals surface area contributed by atoms with Crippen molar-refractivity contribution >= 4 is 34.2 Å². The minimum Gasteiger partial charge on any atom is -0.477 e. The average Bonchev–Trinajstić information content (AvgIpc) is 3.08. The minimum atomic E-state index is 0. The van der Waals surface area contributed by atoms with Gasteiger partial charge in [0.2, 0.25) is 0 Å². The minimum absolute atomic E-state index is 0. The van der Waals surface area contributed by atoms with Gasteiger partial charge in [0, 0.05) is 0 Å². The van der Waals surface area contributed by atoms with Crippen molar-refractivity contribution in [1.82, 2.24) is 9.97 Å². The largest absolute Gasteiger partial charge is 2.00 e. The molecule has 0 amide bonds. The van der Waals surface area contributed by atoms with Gasteiger partial charge < -0.3 is 9.97 Å². The number of hydrogen-bond acceptors (Lipinski definition) is 0. The fourth-order valence-corrected chi connectivity index (χ4v) is 1.86. The van der Waals surface area contributed by atoms with Crippen LogP contribution in [-0.2, 0) is 20.4 Å². The number of aromatic amines is 2. The summed E-state index contributed by atoms with van der Waals surface area (Å²) in [5.74, 6) is 0. The predicted octanol–water partition coefficient (Wildman–Crippen LogP) is 4.36. The van der Waals surface area contributed by atoms with Crippen LogP contribution in [-0.4, -0.2) is 9.97 Å². The maximum Gasteiger partial charge on any atom is 2.00 e. The molecule has 4 aromatic rings. The topological polar surface area (TPSA) is 31.6 Å². The second-order valence-electron chi connectivity index (χ2n) is 4.00. The van der Waals surface area contributed by atoms with Crippen molar-refractivity contribution in [3.63, 3.8) is 0 Å². The van der Waals surface area contributed by atoms with E-state index in [4.69, 9.17) is 0 Å². The van der Waals surface area contributed by atoms with Crippen LogP contribution in [0.25, 0.3) is 21.8 Å². The van der Waals surface area contributed by atoms with Gasteiger partial charge in [-0.25, -0.2) is 0 Å². The molecule has 0 radical (unpaired) electrons. The van der Waals surface area contributed by atoms with E-state index >= 15 is 0 Å². The third kappa shape index (κ3) is 3.74. The number of fused-ring (bicyclic) bond motifs is 2. The van der Waals surface area contributed by atoms with Crippen molar-refractivity contribution in [2.45, 2.75) is 0 Å². The number of aromatic nitrogens is 2. The molecule has 104 valence electrons. The van der Waals surface area contributed by atoms with Crippen LogP contribution in [0.3, 0.4) is 0 Å². The molecule has 0 fully saturated rings. The molecule has 2 N–H and O–H groups in total. The van der Waals surface area contributed by atoms with Crippen molar-refractivity contribution in [3.8, 4) is 0 Å². The first-order chi connectivity index (χ1) is 8.93. The number of H-pyrrole nitrogens is 2. The Balaban J connectivity index is 0.000000182. The van der Waals surface area contributed by atoms with Gasteiger partial charge in [-0.2, -0.15) is 22.9 Å². The van der Waals surface area contributed by atoms with Crippen molar-refractivity contribution in [1.29, 1.82) is 0 Å². The third-order valence-electron chi connectivity index (χ3n) is 2.79. The van der Waals surface area contributed by atoms with Gasteiger partial charge in [-0.1, -0.05) is 24.3 Å². The second-order valence-corrected chi connectivity index (χ2v) is 4.00. The molecule has 4 rings (SSSR count). The Morgan fingerprint density at radius 2 is 1.05 bits per heavy atom. The van der Waals surface area contributed by atoms with E-state index in [1.807, 2.05) is 48.5 Å². The number of nitrogens with one attached hydrogen (secondary N) is 2. The van der Waals surface area contributed by atoms with E-state index in [0.717, 1.165) is 11.0 Å². The van der Waals surface area contributed by atoms with Crippen LogP contribution in [0.1, 0.15) is 0 Å². The Bertz CT molecular complexity index is 634. The Kier molecular flexibility index (Phi) is 6.54. The van der Waals surface area contributed by atoms with Gasteiger partial charge in [0.05, 0.1) is 0 Å². The first-order valence-corrected chi connectivity index (χ1v) is 5.81. The van der Waals surface area contributed by atoms with Gasteiger partial charge in [0.25, 0.3) is 0 Å². The Hall–Kier alpha value is -1.53. The molecule has 0 atom stereocenters. The normalized spacial score (nSPS) is 9.20. The number of benzene rings is 2. The van der Waals surface area contributed by atoms with Crippen LogP contribution in [0, 0.1) is 12.4 Å². The molecule has 2 aromatic heterocycles. The van der Waals surface area contributed by atoms with E-state index in [-0.39, 0.29) is 32.8 Å². The molecule has 0 spiro atoms. The molecular weight excluding hydrogens is 362 g/mol. The molecule has 0 aliphatic rings. The monoisotopic (exact) mass is 374 g/mol. The summed E-state index contributed by atoms with van der Waals surface area (Å²) < 4.78 is 0. The molecule has 0 saturated carbocycles. The Labute approximate surface area is 137 Å². The van der Waals surface area contributed by atoms with Gasteiger partial charge in [-0.3, -0.25) is 0 Å². The van der Waals surface area contributed by atoms with E-state index in [9.17, 15) is 0 Å². The molecule has 0 aliphatic carbocycles. The van der Waals surface area contributed by atoms with Crippen LogP contribution in [0.5, 0.6) is 0 Å². The van der Waals surface area contributed by atoms with Crippen molar-refractivity contribution < 1.29 is 20.4 Å². The number of hydrogen-bond donors (Lipinski definition) is 2. The second kappa shape index (κ2) is 7.92. The molecule has 0 saturated heterocycles. The zero-order valence-corrected chi connectivity index (χ0v) is 12.9. The maximum absolute atomic E-state index is 2.99. The SMILES string of the molecule is Cl.[Pd+2].[c-]1cc2ccccc2[nH]1.[c-]1cc2ccccc2[nH]1. The molecule has 0 unspecified atom stereocenters. The van der Waals surface area contributed by atoms with Gasteiger partial charge in [0.1, 0.15) is 0 Å². The van der Waals surface area contributed by atoms with Gasteiger partial charge in [-0.15, -0.1) is 60.1 Å². The van der Waals surface area contributed by atoms with Gasteiger partial charge in [0.15, 0.2) is 0 Å². The summed E-state index contributed by atoms with van der Waals surface area (Å²) >= 11 is 0. The summed E-state index contributed by atoms with van der Waals surface area (Å²) in [4.78, 5) is 5.99. The fraction of sp³-hybridized carbons (Fsp3) is 0. The number of para-hydroxylation sites is 2.